The molecule has 12 heteroatoms. The molecule has 0 radical (unpaired) electrons. The van der Waals surface area contributed by atoms with Crippen LogP contribution in [0.25, 0.3) is 32.9 Å². The number of aryl methyl sites for hydroxylation is 2. The van der Waals surface area contributed by atoms with Crippen LogP contribution in [0.1, 0.15) is 75.1 Å². The van der Waals surface area contributed by atoms with E-state index in [0.29, 0.717) is 34.6 Å². The molecule has 4 aromatic heterocycles. The third kappa shape index (κ3) is 7.10. The molecule has 2 N–H and O–H groups in total. The highest BCUT2D eigenvalue weighted by Gasteiger charge is 2.39. The third-order valence-corrected chi connectivity index (χ3v) is 12.6. The van der Waals surface area contributed by atoms with Crippen molar-refractivity contribution in [2.24, 2.45) is 20.0 Å². The Balaban J connectivity index is 0.903. The van der Waals surface area contributed by atoms with E-state index in [0.717, 1.165) is 92.0 Å². The number of ether oxygens (including phenoxy) is 2. The highest BCUT2D eigenvalue weighted by Crippen LogP contribution is 2.51. The summed E-state index contributed by atoms with van der Waals surface area (Å²) in [5, 5.41) is 8.79. The van der Waals surface area contributed by atoms with E-state index in [1.165, 1.54) is 32.0 Å². The van der Waals surface area contributed by atoms with Crippen LogP contribution in [0.15, 0.2) is 95.9 Å². The van der Waals surface area contributed by atoms with Crippen LogP contribution < -0.4 is 10.6 Å². The molecule has 0 saturated heterocycles. The number of esters is 2. The smallest absolute Gasteiger partial charge is 0.341 e. The van der Waals surface area contributed by atoms with Gasteiger partial charge < -0.3 is 29.2 Å². The number of hydrogen-bond donors (Lipinski definition) is 2. The van der Waals surface area contributed by atoms with E-state index in [2.05, 4.69) is 55.3 Å². The van der Waals surface area contributed by atoms with Crippen LogP contribution in [0.5, 0.6) is 0 Å². The summed E-state index contributed by atoms with van der Waals surface area (Å²) in [4.78, 5) is 35.1. The van der Waals surface area contributed by atoms with Crippen molar-refractivity contribution in [2.75, 3.05) is 24.9 Å². The molecule has 294 valence electrons. The van der Waals surface area contributed by atoms with Crippen molar-refractivity contribution in [1.29, 1.82) is 0 Å². The molecule has 2 aliphatic rings. The van der Waals surface area contributed by atoms with Crippen molar-refractivity contribution < 1.29 is 23.5 Å². The van der Waals surface area contributed by atoms with Crippen LogP contribution in [0.2, 0.25) is 0 Å². The highest BCUT2D eigenvalue weighted by atomic mass is 79.9. The van der Waals surface area contributed by atoms with Crippen molar-refractivity contribution in [3.63, 3.8) is 0 Å². The number of methoxy groups -OCH3 is 2. The molecule has 0 spiro atoms. The maximum Gasteiger partial charge on any atom is 0.341 e. The number of halogens is 2. The Kier molecular flexibility index (Phi) is 9.75. The molecule has 4 heterocycles. The lowest BCUT2D eigenvalue weighted by molar-refractivity contribution is 0.0592. The van der Waals surface area contributed by atoms with Gasteiger partial charge in [-0.25, -0.2) is 23.9 Å². The summed E-state index contributed by atoms with van der Waals surface area (Å²) in [7, 11) is 6.84. The molecule has 2 atom stereocenters. The Labute approximate surface area is 343 Å². The predicted molar refractivity (Wildman–Crippen MR) is 228 cm³/mol. The van der Waals surface area contributed by atoms with E-state index in [4.69, 9.17) is 14.5 Å². The quantitative estimate of drug-likeness (QED) is 0.117. The van der Waals surface area contributed by atoms with Crippen molar-refractivity contribution in [3.05, 3.63) is 130 Å². The number of fused-ring (bicyclic) bond motifs is 2. The molecule has 2 fully saturated rings. The number of rotatable bonds is 12. The number of aromatic nitrogens is 4. The third-order valence-electron chi connectivity index (χ3n) is 11.7. The predicted octanol–water partition coefficient (Wildman–Crippen LogP) is 10.7. The Morgan fingerprint density at radius 2 is 1.41 bits per heavy atom. The Morgan fingerprint density at radius 1 is 0.810 bits per heavy atom. The molecular weight excluding hydrogens is 799 g/mol. The fraction of sp³-hybridized carbons (Fsp3) is 0.261. The minimum Gasteiger partial charge on any atom is -0.465 e. The van der Waals surface area contributed by atoms with Gasteiger partial charge in [-0.3, -0.25) is 0 Å². The van der Waals surface area contributed by atoms with Gasteiger partial charge in [-0.15, -0.1) is 0 Å². The fourth-order valence-electron chi connectivity index (χ4n) is 8.24. The number of anilines is 4. The molecule has 10 nitrogen and oxygen atoms in total. The number of carbonyl (C=O) groups is 2. The van der Waals surface area contributed by atoms with Gasteiger partial charge in [0, 0.05) is 81.6 Å². The molecule has 0 bridgehead atoms. The van der Waals surface area contributed by atoms with E-state index in [1.807, 2.05) is 66.6 Å². The van der Waals surface area contributed by atoms with Gasteiger partial charge in [-0.2, -0.15) is 0 Å². The molecular formula is C46H42BrFN6O4. The Bertz CT molecular complexity index is 2760. The number of carbonyl (C=O) groups excluding carboxylic acids is 2. The summed E-state index contributed by atoms with van der Waals surface area (Å²) in [6, 6.07) is 22.5. The van der Waals surface area contributed by atoms with Crippen molar-refractivity contribution in [1.82, 2.24) is 19.1 Å². The lowest BCUT2D eigenvalue weighted by Crippen LogP contribution is -2.08. The van der Waals surface area contributed by atoms with Gasteiger partial charge in [0.25, 0.3) is 0 Å². The van der Waals surface area contributed by atoms with Crippen LogP contribution in [-0.4, -0.2) is 45.3 Å². The number of nitrogens with zero attached hydrogens (tertiary/aromatic N) is 4. The van der Waals surface area contributed by atoms with E-state index >= 15 is 0 Å². The first-order chi connectivity index (χ1) is 28.1. The summed E-state index contributed by atoms with van der Waals surface area (Å²) in [6.45, 7) is 0. The van der Waals surface area contributed by atoms with Gasteiger partial charge >= 0.3 is 11.9 Å². The molecule has 0 aliphatic heterocycles. The Morgan fingerprint density at radius 3 is 2.05 bits per heavy atom. The summed E-state index contributed by atoms with van der Waals surface area (Å²) < 4.78 is 29.3. The first kappa shape index (κ1) is 37.6. The Hall–Kier alpha value is -6.01. The minimum absolute atomic E-state index is 0.280. The van der Waals surface area contributed by atoms with E-state index in [9.17, 15) is 14.0 Å². The van der Waals surface area contributed by atoms with Crippen LogP contribution in [-0.2, 0) is 30.0 Å². The van der Waals surface area contributed by atoms with Crippen LogP contribution >= 0.6 is 15.9 Å². The van der Waals surface area contributed by atoms with Crippen molar-refractivity contribution >= 4 is 72.7 Å². The summed E-state index contributed by atoms with van der Waals surface area (Å²) >= 11 is 3.91. The lowest BCUT2D eigenvalue weighted by Gasteiger charge is -2.12. The molecule has 7 aromatic rings. The second-order valence-electron chi connectivity index (χ2n) is 15.4. The number of hydrogen-bond acceptors (Lipinski definition) is 8. The maximum absolute atomic E-state index is 13.7. The zero-order valence-electron chi connectivity index (χ0n) is 32.6. The largest absolute Gasteiger partial charge is 0.465 e. The van der Waals surface area contributed by atoms with Gasteiger partial charge in [0.1, 0.15) is 28.6 Å². The zero-order chi connectivity index (χ0) is 40.2. The maximum atomic E-state index is 13.7. The topological polar surface area (TPSA) is 112 Å². The van der Waals surface area contributed by atoms with Crippen molar-refractivity contribution in [2.45, 2.75) is 43.9 Å². The first-order valence-corrected chi connectivity index (χ1v) is 20.2. The van der Waals surface area contributed by atoms with E-state index in [1.54, 1.807) is 12.1 Å². The van der Waals surface area contributed by atoms with Crippen LogP contribution in [0.3, 0.4) is 0 Å². The standard InChI is InChI=1S/C46H42BrFN6O4/c1-53-24-38(26-7-10-30(48)11-8-26)34-20-31(12-15-39(34)53)51-44-37(46(56)58-4)19-29(23-50-44)33-17-27(33)9-14-41-42(47)35-21-32(13-16-40(35)54(41)2)52-43-36(45(55)57-3)18-28(22-49-43)25-5-6-25/h7-8,10-13,15-16,18-25,27,33H,5-6,9,14,17H2,1-4H3,(H,49,52)(H,50,51). The SMILES string of the molecule is COC(=O)c1cc(C2CC2)cnc1Nc1ccc2c(c1)c(Br)c(CCC1CC1c1cnc(Nc3ccc4c(c3)c(-c3ccc(F)cc3)cn4C)c(C(=O)OC)c1)n2C. The second kappa shape index (κ2) is 15.1. The highest BCUT2D eigenvalue weighted by molar-refractivity contribution is 9.10. The monoisotopic (exact) mass is 840 g/mol. The number of benzene rings is 3. The van der Waals surface area contributed by atoms with Crippen LogP contribution in [0.4, 0.5) is 27.4 Å². The van der Waals surface area contributed by atoms with Gasteiger partial charge in [-0.1, -0.05) is 12.1 Å². The fourth-order valence-corrected chi connectivity index (χ4v) is 9.02. The zero-order valence-corrected chi connectivity index (χ0v) is 34.2. The molecule has 3 aromatic carbocycles. The van der Waals surface area contributed by atoms with E-state index in [-0.39, 0.29) is 11.7 Å². The molecule has 58 heavy (non-hydrogen) atoms. The first-order valence-electron chi connectivity index (χ1n) is 19.4. The molecule has 9 rings (SSSR count). The number of nitrogens with one attached hydrogen (secondary N) is 2. The van der Waals surface area contributed by atoms with Crippen LogP contribution in [0, 0.1) is 11.7 Å². The minimum atomic E-state index is -0.456. The van der Waals surface area contributed by atoms with Gasteiger partial charge in [0.05, 0.1) is 14.2 Å². The van der Waals surface area contributed by atoms with Gasteiger partial charge in [0.2, 0.25) is 0 Å². The van der Waals surface area contributed by atoms with Gasteiger partial charge in [0.15, 0.2) is 0 Å². The average Bonchev–Trinajstić information content (AvgIpc) is 4.18. The summed E-state index contributed by atoms with van der Waals surface area (Å²) in [5.41, 5.74) is 9.71. The molecule has 2 saturated carbocycles. The number of pyridine rings is 2. The average molecular weight is 842 g/mol. The normalized spacial score (nSPS) is 16.1. The van der Waals surface area contributed by atoms with Gasteiger partial charge in [-0.05, 0) is 143 Å². The summed E-state index contributed by atoms with van der Waals surface area (Å²) in [5.74, 6) is 0.950. The molecule has 2 unspecified atom stereocenters. The summed E-state index contributed by atoms with van der Waals surface area (Å²) in [6.07, 6.45) is 10.8. The van der Waals surface area contributed by atoms with E-state index < -0.39 is 11.9 Å². The van der Waals surface area contributed by atoms with Crippen molar-refractivity contribution in [3.8, 4) is 11.1 Å². The second-order valence-corrected chi connectivity index (χ2v) is 16.2. The molecule has 2 aliphatic carbocycles. The lowest BCUT2D eigenvalue weighted by atomic mass is 10.0. The molecule has 0 amide bonds.